The predicted octanol–water partition coefficient (Wildman–Crippen LogP) is 3.14. The van der Waals surface area contributed by atoms with Crippen LogP contribution < -0.4 is 5.32 Å². The third-order valence-corrected chi connectivity index (χ3v) is 4.63. The van der Waals surface area contributed by atoms with E-state index in [0.717, 1.165) is 18.4 Å². The van der Waals surface area contributed by atoms with Crippen LogP contribution in [-0.2, 0) is 16.0 Å². The minimum absolute atomic E-state index is 0.0590. The molecule has 23 heavy (non-hydrogen) atoms. The van der Waals surface area contributed by atoms with Crippen LogP contribution in [-0.4, -0.2) is 23.0 Å². The summed E-state index contributed by atoms with van der Waals surface area (Å²) in [7, 11) is 0. The lowest BCUT2D eigenvalue weighted by Gasteiger charge is -2.17. The smallest absolute Gasteiger partial charge is 0.308 e. The Kier molecular flexibility index (Phi) is 4.60. The third kappa shape index (κ3) is 3.70. The first-order chi connectivity index (χ1) is 11.1. The van der Waals surface area contributed by atoms with Crippen molar-refractivity contribution in [1.82, 2.24) is 5.32 Å². The summed E-state index contributed by atoms with van der Waals surface area (Å²) >= 11 is 0. The van der Waals surface area contributed by atoms with Gasteiger partial charge in [-0.2, -0.15) is 0 Å². The molecule has 2 atom stereocenters. The lowest BCUT2D eigenvalue weighted by Crippen LogP contribution is -2.40. The minimum atomic E-state index is -0.803. The summed E-state index contributed by atoms with van der Waals surface area (Å²) in [5.74, 6) is -1.29. The molecule has 4 heteroatoms. The number of carbonyl (C=O) groups excluding carboxylic acids is 1. The number of fused-ring (bicyclic) bond motifs is 1. The number of carboxylic acids is 1. The molecule has 1 saturated carbocycles. The highest BCUT2D eigenvalue weighted by Crippen LogP contribution is 2.26. The van der Waals surface area contributed by atoms with Gasteiger partial charge in [0.1, 0.15) is 0 Å². The van der Waals surface area contributed by atoms with Crippen LogP contribution in [0.2, 0.25) is 0 Å². The van der Waals surface area contributed by atoms with Crippen LogP contribution in [0.5, 0.6) is 0 Å². The molecule has 0 heterocycles. The molecule has 1 amide bonds. The Morgan fingerprint density at radius 2 is 1.87 bits per heavy atom. The molecule has 0 aliphatic heterocycles. The van der Waals surface area contributed by atoms with Gasteiger partial charge in [0.25, 0.3) is 0 Å². The van der Waals surface area contributed by atoms with Crippen molar-refractivity contribution in [1.29, 1.82) is 0 Å². The number of nitrogens with one attached hydrogen (secondary N) is 1. The molecule has 2 aromatic rings. The number of benzene rings is 2. The van der Waals surface area contributed by atoms with E-state index in [2.05, 4.69) is 29.6 Å². The maximum absolute atomic E-state index is 12.1. The summed E-state index contributed by atoms with van der Waals surface area (Å²) in [6.45, 7) is 0. The van der Waals surface area contributed by atoms with E-state index in [0.29, 0.717) is 19.3 Å². The molecule has 0 saturated heterocycles. The van der Waals surface area contributed by atoms with Crippen LogP contribution in [0.15, 0.2) is 42.5 Å². The molecule has 1 aliphatic carbocycles. The van der Waals surface area contributed by atoms with Crippen LogP contribution in [0, 0.1) is 5.92 Å². The molecule has 0 unspecified atom stereocenters. The van der Waals surface area contributed by atoms with Crippen LogP contribution in [0.25, 0.3) is 10.8 Å². The quantitative estimate of drug-likeness (QED) is 0.891. The molecule has 4 nitrogen and oxygen atoms in total. The van der Waals surface area contributed by atoms with Crippen molar-refractivity contribution < 1.29 is 14.7 Å². The van der Waals surface area contributed by atoms with E-state index in [1.165, 1.54) is 10.8 Å². The Morgan fingerprint density at radius 1 is 1.09 bits per heavy atom. The van der Waals surface area contributed by atoms with Gasteiger partial charge < -0.3 is 10.4 Å². The average molecular weight is 311 g/mol. The zero-order valence-electron chi connectivity index (χ0n) is 13.0. The molecule has 0 spiro atoms. The molecule has 1 fully saturated rings. The van der Waals surface area contributed by atoms with Gasteiger partial charge in [-0.05, 0) is 35.6 Å². The second-order valence-electron chi connectivity index (χ2n) is 6.23. The van der Waals surface area contributed by atoms with Crippen LogP contribution in [0.3, 0.4) is 0 Å². The largest absolute Gasteiger partial charge is 0.481 e. The Balaban J connectivity index is 1.56. The van der Waals surface area contributed by atoms with Gasteiger partial charge in [-0.15, -0.1) is 0 Å². The molecule has 2 aromatic carbocycles. The number of aryl methyl sites for hydroxylation is 1. The SMILES string of the molecule is O=C(CCc1ccc2ccccc2c1)N[C@H]1CCC[C@H]1C(=O)O. The zero-order valence-corrected chi connectivity index (χ0v) is 13.0. The Hall–Kier alpha value is -2.36. The average Bonchev–Trinajstić information content (AvgIpc) is 3.01. The molecule has 120 valence electrons. The number of carbonyl (C=O) groups is 2. The van der Waals surface area contributed by atoms with Gasteiger partial charge in [0.05, 0.1) is 5.92 Å². The summed E-state index contributed by atoms with van der Waals surface area (Å²) in [6, 6.07) is 14.2. The van der Waals surface area contributed by atoms with Gasteiger partial charge in [0.2, 0.25) is 5.91 Å². The molecule has 3 rings (SSSR count). The summed E-state index contributed by atoms with van der Waals surface area (Å²) in [5.41, 5.74) is 1.13. The number of carboxylic acid groups (broad SMARTS) is 1. The third-order valence-electron chi connectivity index (χ3n) is 4.63. The van der Waals surface area contributed by atoms with Crippen molar-refractivity contribution in [2.24, 2.45) is 5.92 Å². The van der Waals surface area contributed by atoms with E-state index < -0.39 is 11.9 Å². The molecule has 1 aliphatic rings. The number of aliphatic carboxylic acids is 1. The molecule has 0 radical (unpaired) electrons. The predicted molar refractivity (Wildman–Crippen MR) is 89.2 cm³/mol. The van der Waals surface area contributed by atoms with E-state index in [1.807, 2.05) is 18.2 Å². The number of rotatable bonds is 5. The summed E-state index contributed by atoms with van der Waals surface area (Å²) in [5, 5.41) is 14.4. The maximum Gasteiger partial charge on any atom is 0.308 e. The van der Waals surface area contributed by atoms with Crippen molar-refractivity contribution in [3.63, 3.8) is 0 Å². The van der Waals surface area contributed by atoms with Crippen molar-refractivity contribution in [2.45, 2.75) is 38.1 Å². The van der Waals surface area contributed by atoms with Crippen LogP contribution in [0.4, 0.5) is 0 Å². The van der Waals surface area contributed by atoms with Crippen molar-refractivity contribution in [2.75, 3.05) is 0 Å². The second kappa shape index (κ2) is 6.82. The Bertz CT molecular complexity index is 725. The topological polar surface area (TPSA) is 66.4 Å². The fraction of sp³-hybridized carbons (Fsp3) is 0.368. The van der Waals surface area contributed by atoms with Crippen molar-refractivity contribution in [3.05, 3.63) is 48.0 Å². The fourth-order valence-electron chi connectivity index (χ4n) is 3.36. The van der Waals surface area contributed by atoms with E-state index in [4.69, 9.17) is 5.11 Å². The van der Waals surface area contributed by atoms with Gasteiger partial charge in [-0.1, -0.05) is 48.9 Å². The Labute approximate surface area is 135 Å². The van der Waals surface area contributed by atoms with Gasteiger partial charge in [0.15, 0.2) is 0 Å². The first-order valence-corrected chi connectivity index (χ1v) is 8.13. The molecule has 2 N–H and O–H groups in total. The molecule has 0 bridgehead atoms. The first-order valence-electron chi connectivity index (χ1n) is 8.13. The lowest BCUT2D eigenvalue weighted by atomic mass is 10.0. The highest BCUT2D eigenvalue weighted by molar-refractivity contribution is 5.83. The van der Waals surface area contributed by atoms with Crippen molar-refractivity contribution in [3.8, 4) is 0 Å². The van der Waals surface area contributed by atoms with E-state index in [9.17, 15) is 9.59 Å². The molecular weight excluding hydrogens is 290 g/mol. The number of hydrogen-bond acceptors (Lipinski definition) is 2. The van der Waals surface area contributed by atoms with Gasteiger partial charge in [0, 0.05) is 12.5 Å². The standard InChI is InChI=1S/C19H21NO3/c21-18(20-17-7-3-6-16(17)19(22)23)11-9-13-8-10-14-4-1-2-5-15(14)12-13/h1-2,4-5,8,10,12,16-17H,3,6-7,9,11H2,(H,20,21)(H,22,23)/t16-,17+/m1/s1. The minimum Gasteiger partial charge on any atom is -0.481 e. The summed E-state index contributed by atoms with van der Waals surface area (Å²) in [4.78, 5) is 23.2. The van der Waals surface area contributed by atoms with E-state index in [1.54, 1.807) is 0 Å². The monoisotopic (exact) mass is 311 g/mol. The van der Waals surface area contributed by atoms with Gasteiger partial charge in [-0.3, -0.25) is 9.59 Å². The first kappa shape index (κ1) is 15.5. The molecule has 0 aromatic heterocycles. The molecular formula is C19H21NO3. The van der Waals surface area contributed by atoms with Crippen LogP contribution in [0.1, 0.15) is 31.2 Å². The summed E-state index contributed by atoms with van der Waals surface area (Å²) < 4.78 is 0. The maximum atomic E-state index is 12.1. The normalized spacial score (nSPS) is 20.5. The van der Waals surface area contributed by atoms with Crippen molar-refractivity contribution >= 4 is 22.6 Å². The second-order valence-corrected chi connectivity index (χ2v) is 6.23. The number of amides is 1. The van der Waals surface area contributed by atoms with Crippen LogP contribution >= 0.6 is 0 Å². The highest BCUT2D eigenvalue weighted by atomic mass is 16.4. The zero-order chi connectivity index (χ0) is 16.2. The lowest BCUT2D eigenvalue weighted by molar-refractivity contribution is -0.142. The van der Waals surface area contributed by atoms with E-state index >= 15 is 0 Å². The number of hydrogen-bond donors (Lipinski definition) is 2. The highest BCUT2D eigenvalue weighted by Gasteiger charge is 2.33. The van der Waals surface area contributed by atoms with E-state index in [-0.39, 0.29) is 11.9 Å². The Morgan fingerprint density at radius 3 is 2.65 bits per heavy atom. The summed E-state index contributed by atoms with van der Waals surface area (Å²) in [6.07, 6.45) is 3.35. The fourth-order valence-corrected chi connectivity index (χ4v) is 3.36. The van der Waals surface area contributed by atoms with Gasteiger partial charge >= 0.3 is 5.97 Å². The van der Waals surface area contributed by atoms with Gasteiger partial charge in [-0.25, -0.2) is 0 Å².